The van der Waals surface area contributed by atoms with E-state index in [0.29, 0.717) is 12.8 Å². The van der Waals surface area contributed by atoms with Crippen molar-refractivity contribution in [3.8, 4) is 0 Å². The normalized spacial score (nSPS) is 14.9. The molecule has 0 aromatic carbocycles. The first kappa shape index (κ1) is 16.3. The number of hydrogen-bond acceptors (Lipinski definition) is 3. The molecule has 0 radical (unpaired) electrons. The molecule has 1 aliphatic rings. The zero-order chi connectivity index (χ0) is 10.3. The van der Waals surface area contributed by atoms with E-state index in [9.17, 15) is 18.0 Å². The van der Waals surface area contributed by atoms with Gasteiger partial charge >= 0.3 is 57.6 Å². The molecule has 2 rings (SSSR count). The Morgan fingerprint density at radius 3 is 2.38 bits per heavy atom. The number of halogens is 3. The average molecular weight is 259 g/mol. The third-order valence-corrected chi connectivity index (χ3v) is 2.07. The molecular formula is C8H7F3KN2O2-. The van der Waals surface area contributed by atoms with Crippen LogP contribution in [0.4, 0.5) is 13.2 Å². The Morgan fingerprint density at radius 2 is 2.00 bits per heavy atom. The summed E-state index contributed by atoms with van der Waals surface area (Å²) in [5.74, 6) is 0. The van der Waals surface area contributed by atoms with E-state index in [2.05, 4.69) is 5.10 Å². The van der Waals surface area contributed by atoms with Gasteiger partial charge < -0.3 is 15.0 Å². The molecule has 0 spiro atoms. The van der Waals surface area contributed by atoms with Gasteiger partial charge in [0.15, 0.2) is 0 Å². The van der Waals surface area contributed by atoms with Gasteiger partial charge in [0.25, 0.3) is 0 Å². The van der Waals surface area contributed by atoms with Crippen LogP contribution in [-0.4, -0.2) is 21.5 Å². The van der Waals surface area contributed by atoms with Crippen molar-refractivity contribution in [1.29, 1.82) is 0 Å². The molecule has 0 saturated heterocycles. The van der Waals surface area contributed by atoms with Crippen LogP contribution in [0.15, 0.2) is 6.20 Å². The Kier molecular flexibility index (Phi) is 5.84. The quantitative estimate of drug-likeness (QED) is 0.481. The molecule has 1 aromatic heterocycles. The van der Waals surface area contributed by atoms with Crippen molar-refractivity contribution in [3.05, 3.63) is 17.5 Å². The minimum atomic E-state index is -4.54. The molecule has 1 aliphatic carbocycles. The van der Waals surface area contributed by atoms with Gasteiger partial charge in [-0.3, -0.25) is 5.10 Å². The molecule has 16 heavy (non-hydrogen) atoms. The first-order valence-electron chi connectivity index (χ1n) is 4.07. The summed E-state index contributed by atoms with van der Waals surface area (Å²) in [6.07, 6.45) is -1.01. The van der Waals surface area contributed by atoms with Gasteiger partial charge in [-0.25, -0.2) is 0 Å². The van der Waals surface area contributed by atoms with Crippen molar-refractivity contribution in [2.75, 3.05) is 0 Å². The summed E-state index contributed by atoms with van der Waals surface area (Å²) in [6.45, 7) is 0. The van der Waals surface area contributed by atoms with E-state index in [-0.39, 0.29) is 62.9 Å². The Labute approximate surface area is 132 Å². The van der Waals surface area contributed by atoms with Crippen LogP contribution in [0, 0.1) is 0 Å². The van der Waals surface area contributed by atoms with E-state index < -0.39 is 17.4 Å². The maximum absolute atomic E-state index is 12.5. The number of rotatable bonds is 2. The first-order chi connectivity index (χ1) is 6.54. The molecule has 0 atom stereocenters. The van der Waals surface area contributed by atoms with Gasteiger partial charge in [0.1, 0.15) is 0 Å². The smallest absolute Gasteiger partial charge is 0.870 e. The predicted molar refractivity (Wildman–Crippen MR) is 42.2 cm³/mol. The molecule has 0 amide bonds. The molecule has 84 valence electrons. The van der Waals surface area contributed by atoms with Crippen LogP contribution in [-0.2, 0) is 11.0 Å². The molecule has 1 N–H and O–H groups in total. The van der Waals surface area contributed by atoms with Gasteiger partial charge in [-0.2, -0.15) is 13.2 Å². The van der Waals surface area contributed by atoms with E-state index in [1.807, 2.05) is 0 Å². The van der Waals surface area contributed by atoms with E-state index >= 15 is 0 Å². The summed E-state index contributed by atoms with van der Waals surface area (Å²) in [5.41, 5.74) is -1.49. The minimum absolute atomic E-state index is 0. The van der Waals surface area contributed by atoms with E-state index in [4.69, 9.17) is 0 Å². The van der Waals surface area contributed by atoms with Crippen LogP contribution < -0.4 is 51.4 Å². The van der Waals surface area contributed by atoms with Crippen LogP contribution in [0.5, 0.6) is 0 Å². The molecule has 4 nitrogen and oxygen atoms in total. The Bertz CT molecular complexity index is 374. The van der Waals surface area contributed by atoms with Crippen molar-refractivity contribution in [2.24, 2.45) is 0 Å². The Morgan fingerprint density at radius 1 is 1.44 bits per heavy atom. The van der Waals surface area contributed by atoms with E-state index in [1.165, 1.54) is 6.29 Å². The second-order valence-electron chi connectivity index (χ2n) is 3.18. The summed E-state index contributed by atoms with van der Waals surface area (Å²) in [7, 11) is 0. The standard InChI is InChI=1S/C8H6F3N2O.K.H2O/c9-8(10,11)7-5(4-14)3-12-13(7)6-1-2-6;;/h3,6H,1-2H2;;1H2/q-1;+1;/p-1. The van der Waals surface area contributed by atoms with Crippen LogP contribution in [0.25, 0.3) is 0 Å². The maximum atomic E-state index is 12.5. The van der Waals surface area contributed by atoms with Crippen molar-refractivity contribution < 1.29 is 74.8 Å². The second-order valence-corrected chi connectivity index (χ2v) is 3.18. The minimum Gasteiger partial charge on any atom is -0.870 e. The first-order valence-corrected chi connectivity index (χ1v) is 4.07. The van der Waals surface area contributed by atoms with Crippen LogP contribution in [0.2, 0.25) is 0 Å². The summed E-state index contributed by atoms with van der Waals surface area (Å²) < 4.78 is 38.3. The number of alkyl halides is 3. The van der Waals surface area contributed by atoms with Crippen LogP contribution in [0.1, 0.15) is 30.1 Å². The molecule has 0 aliphatic heterocycles. The Hall–Kier alpha value is 0.266. The maximum Gasteiger partial charge on any atom is 1.00 e. The zero-order valence-electron chi connectivity index (χ0n) is 8.45. The molecule has 1 saturated carbocycles. The third-order valence-electron chi connectivity index (χ3n) is 2.07. The van der Waals surface area contributed by atoms with Gasteiger partial charge in [0.05, 0.1) is 6.29 Å². The van der Waals surface area contributed by atoms with Crippen LogP contribution in [0.3, 0.4) is 0 Å². The van der Waals surface area contributed by atoms with Gasteiger partial charge in [-0.05, 0) is 12.8 Å². The van der Waals surface area contributed by atoms with Crippen molar-refractivity contribution in [2.45, 2.75) is 25.1 Å². The fourth-order valence-corrected chi connectivity index (χ4v) is 1.32. The molecular weight excluding hydrogens is 252 g/mol. The fraction of sp³-hybridized carbons (Fsp3) is 0.500. The van der Waals surface area contributed by atoms with Crippen LogP contribution >= 0.6 is 0 Å². The van der Waals surface area contributed by atoms with E-state index in [0.717, 1.165) is 10.9 Å². The van der Waals surface area contributed by atoms with Gasteiger partial charge in [-0.1, -0.05) is 6.20 Å². The molecule has 1 heterocycles. The molecule has 0 bridgehead atoms. The molecule has 1 fully saturated rings. The van der Waals surface area contributed by atoms with E-state index in [1.54, 1.807) is 0 Å². The van der Waals surface area contributed by atoms with Gasteiger partial charge in [-0.15, -0.1) is 5.56 Å². The number of carbonyl (C=O) groups excluding carboxylic acids is 1. The molecule has 1 aromatic rings. The van der Waals surface area contributed by atoms with Crippen molar-refractivity contribution in [3.63, 3.8) is 0 Å². The zero-order valence-corrected chi connectivity index (χ0v) is 11.6. The number of hydrogen-bond donors (Lipinski definition) is 0. The largest absolute Gasteiger partial charge is 1.00 e. The molecule has 0 unspecified atom stereocenters. The summed E-state index contributed by atoms with van der Waals surface area (Å²) in [6, 6.07) is -0.200. The third kappa shape index (κ3) is 3.14. The topological polar surface area (TPSA) is 64.9 Å². The van der Waals surface area contributed by atoms with Crippen molar-refractivity contribution >= 4 is 6.29 Å². The summed E-state index contributed by atoms with van der Waals surface area (Å²) in [5, 5.41) is 3.55. The second kappa shape index (κ2) is 5.74. The van der Waals surface area contributed by atoms with Gasteiger partial charge in [0.2, 0.25) is 0 Å². The number of nitrogens with zero attached hydrogens (tertiary/aromatic N) is 2. The monoisotopic (exact) mass is 259 g/mol. The summed E-state index contributed by atoms with van der Waals surface area (Å²) >= 11 is 0. The predicted octanol–water partition coefficient (Wildman–Crippen LogP) is -1.48. The summed E-state index contributed by atoms with van der Waals surface area (Å²) in [4.78, 5) is 10.3. The number of aromatic nitrogens is 2. The average Bonchev–Trinajstić information content (AvgIpc) is 2.82. The fourth-order valence-electron chi connectivity index (χ4n) is 1.32. The Balaban J connectivity index is 0.00000112. The van der Waals surface area contributed by atoms with Crippen molar-refractivity contribution in [1.82, 2.24) is 9.78 Å². The molecule has 8 heteroatoms. The van der Waals surface area contributed by atoms with Gasteiger partial charge in [0, 0.05) is 11.7 Å². The SMILES string of the molecule is O=[C-]c1cnn(C2CC2)c1C(F)(F)F.[K+].[OH-].